The van der Waals surface area contributed by atoms with Crippen LogP contribution in [0.1, 0.15) is 65.2 Å². The Morgan fingerprint density at radius 3 is 2.56 bits per heavy atom. The first-order chi connectivity index (χ1) is 8.72. The van der Waals surface area contributed by atoms with Gasteiger partial charge in [-0.1, -0.05) is 19.8 Å². The predicted octanol–water partition coefficient (Wildman–Crippen LogP) is 3.17. The maximum atomic E-state index is 3.92. The monoisotopic (exact) mass is 250 g/mol. The fraction of sp³-hybridized carbons (Fsp3) is 1.00. The molecule has 2 heteroatoms. The van der Waals surface area contributed by atoms with Gasteiger partial charge in [0.15, 0.2) is 0 Å². The summed E-state index contributed by atoms with van der Waals surface area (Å²) in [5.74, 6) is 0. The molecule has 2 saturated carbocycles. The van der Waals surface area contributed by atoms with Crippen molar-refractivity contribution in [2.75, 3.05) is 13.1 Å². The number of hydrogen-bond donors (Lipinski definition) is 1. The van der Waals surface area contributed by atoms with E-state index in [1.807, 2.05) is 0 Å². The van der Waals surface area contributed by atoms with Crippen LogP contribution in [-0.2, 0) is 0 Å². The Balaban J connectivity index is 1.48. The summed E-state index contributed by atoms with van der Waals surface area (Å²) in [5, 5.41) is 3.92. The van der Waals surface area contributed by atoms with Gasteiger partial charge in [-0.3, -0.25) is 4.90 Å². The average Bonchev–Trinajstić information content (AvgIpc) is 2.99. The van der Waals surface area contributed by atoms with Gasteiger partial charge in [0, 0.05) is 31.2 Å². The van der Waals surface area contributed by atoms with Crippen molar-refractivity contribution >= 4 is 0 Å². The van der Waals surface area contributed by atoms with E-state index in [2.05, 4.69) is 24.1 Å². The van der Waals surface area contributed by atoms with E-state index < -0.39 is 0 Å². The van der Waals surface area contributed by atoms with E-state index in [0.717, 1.165) is 18.1 Å². The second kappa shape index (κ2) is 5.13. The van der Waals surface area contributed by atoms with Crippen LogP contribution in [0.2, 0.25) is 0 Å². The molecule has 2 nitrogen and oxygen atoms in total. The molecule has 1 N–H and O–H groups in total. The van der Waals surface area contributed by atoms with E-state index >= 15 is 0 Å². The molecule has 0 aromatic carbocycles. The largest absolute Gasteiger partial charge is 0.312 e. The van der Waals surface area contributed by atoms with E-state index in [0.29, 0.717) is 5.41 Å². The van der Waals surface area contributed by atoms with E-state index in [9.17, 15) is 0 Å². The fourth-order valence-corrected chi connectivity index (χ4v) is 4.26. The minimum absolute atomic E-state index is 0.649. The molecule has 1 aliphatic heterocycles. The highest BCUT2D eigenvalue weighted by molar-refractivity contribution is 4.97. The van der Waals surface area contributed by atoms with Crippen LogP contribution in [0.25, 0.3) is 0 Å². The van der Waals surface area contributed by atoms with Crippen molar-refractivity contribution in [3.05, 3.63) is 0 Å². The van der Waals surface area contributed by atoms with Crippen molar-refractivity contribution in [1.29, 1.82) is 0 Å². The average molecular weight is 250 g/mol. The van der Waals surface area contributed by atoms with E-state index in [4.69, 9.17) is 0 Å². The molecule has 104 valence electrons. The Morgan fingerprint density at radius 1 is 1.22 bits per heavy atom. The number of hydrogen-bond acceptors (Lipinski definition) is 2. The van der Waals surface area contributed by atoms with Gasteiger partial charge < -0.3 is 5.32 Å². The van der Waals surface area contributed by atoms with Crippen molar-refractivity contribution in [1.82, 2.24) is 10.2 Å². The number of nitrogens with one attached hydrogen (secondary N) is 1. The third kappa shape index (κ3) is 2.60. The zero-order valence-electron chi connectivity index (χ0n) is 12.3. The summed E-state index contributed by atoms with van der Waals surface area (Å²) in [6.45, 7) is 7.40. The molecular formula is C16H30N2. The van der Waals surface area contributed by atoms with Crippen LogP contribution in [0.15, 0.2) is 0 Å². The summed E-state index contributed by atoms with van der Waals surface area (Å²) < 4.78 is 0. The maximum Gasteiger partial charge on any atom is 0.0210 e. The zero-order chi connectivity index (χ0) is 12.6. The van der Waals surface area contributed by atoms with Gasteiger partial charge in [-0.2, -0.15) is 0 Å². The predicted molar refractivity (Wildman–Crippen MR) is 76.8 cm³/mol. The van der Waals surface area contributed by atoms with Crippen molar-refractivity contribution in [3.8, 4) is 0 Å². The van der Waals surface area contributed by atoms with E-state index in [1.165, 1.54) is 64.5 Å². The second-order valence-corrected chi connectivity index (χ2v) is 7.15. The molecule has 1 saturated heterocycles. The number of likely N-dealkylation sites (tertiary alicyclic amines) is 1. The van der Waals surface area contributed by atoms with Crippen LogP contribution < -0.4 is 5.32 Å². The van der Waals surface area contributed by atoms with Crippen molar-refractivity contribution in [2.24, 2.45) is 5.41 Å². The van der Waals surface area contributed by atoms with E-state index in [1.54, 1.807) is 0 Å². The Hall–Kier alpha value is -0.0800. The van der Waals surface area contributed by atoms with Gasteiger partial charge in [0.2, 0.25) is 0 Å². The molecule has 2 unspecified atom stereocenters. The summed E-state index contributed by atoms with van der Waals surface area (Å²) >= 11 is 0. The van der Waals surface area contributed by atoms with Gasteiger partial charge in [-0.05, 0) is 50.9 Å². The summed E-state index contributed by atoms with van der Waals surface area (Å²) in [6, 6.07) is 2.53. The molecule has 2 aliphatic carbocycles. The minimum atomic E-state index is 0.649. The first-order valence-corrected chi connectivity index (χ1v) is 8.21. The van der Waals surface area contributed by atoms with Crippen molar-refractivity contribution in [3.63, 3.8) is 0 Å². The molecule has 0 aromatic heterocycles. The molecule has 3 rings (SSSR count). The first kappa shape index (κ1) is 12.9. The maximum absolute atomic E-state index is 3.92. The lowest BCUT2D eigenvalue weighted by Crippen LogP contribution is -2.40. The normalized spacial score (nSPS) is 36.3. The van der Waals surface area contributed by atoms with Crippen LogP contribution in [0, 0.1) is 5.41 Å². The lowest BCUT2D eigenvalue weighted by molar-refractivity contribution is 0.241. The molecule has 0 bridgehead atoms. The second-order valence-electron chi connectivity index (χ2n) is 7.15. The number of rotatable bonds is 5. The highest BCUT2D eigenvalue weighted by Crippen LogP contribution is 2.40. The molecule has 0 spiro atoms. The van der Waals surface area contributed by atoms with Gasteiger partial charge in [0.1, 0.15) is 0 Å². The number of nitrogens with zero attached hydrogens (tertiary/aromatic N) is 1. The van der Waals surface area contributed by atoms with Gasteiger partial charge in [-0.15, -0.1) is 0 Å². The van der Waals surface area contributed by atoms with Crippen molar-refractivity contribution < 1.29 is 0 Å². The van der Waals surface area contributed by atoms with Crippen LogP contribution in [0.4, 0.5) is 0 Å². The Kier molecular flexibility index (Phi) is 3.68. The Bertz CT molecular complexity index is 279. The lowest BCUT2D eigenvalue weighted by atomic mass is 9.83. The van der Waals surface area contributed by atoms with Gasteiger partial charge in [-0.25, -0.2) is 0 Å². The standard InChI is InChI=1S/C16H30N2/c1-3-16(8-4-5-9-16)12-17-14-10-13(2)18(11-14)15-6-7-15/h13-15,17H,3-12H2,1-2H3. The highest BCUT2D eigenvalue weighted by atomic mass is 15.3. The minimum Gasteiger partial charge on any atom is -0.312 e. The molecule has 3 fully saturated rings. The summed E-state index contributed by atoms with van der Waals surface area (Å²) in [7, 11) is 0. The molecule has 18 heavy (non-hydrogen) atoms. The molecule has 1 heterocycles. The summed E-state index contributed by atoms with van der Waals surface area (Å²) in [6.07, 6.45) is 11.5. The first-order valence-electron chi connectivity index (χ1n) is 8.21. The zero-order valence-corrected chi connectivity index (χ0v) is 12.3. The summed E-state index contributed by atoms with van der Waals surface area (Å²) in [4.78, 5) is 2.75. The topological polar surface area (TPSA) is 15.3 Å². The summed E-state index contributed by atoms with van der Waals surface area (Å²) in [5.41, 5.74) is 0.649. The molecule has 0 radical (unpaired) electrons. The molecule has 2 atom stereocenters. The molecule has 0 amide bonds. The highest BCUT2D eigenvalue weighted by Gasteiger charge is 2.39. The third-order valence-electron chi connectivity index (χ3n) is 5.82. The fourth-order valence-electron chi connectivity index (χ4n) is 4.26. The van der Waals surface area contributed by atoms with Gasteiger partial charge in [0.05, 0.1) is 0 Å². The SMILES string of the molecule is CCC1(CNC2CC(C)N(C3CC3)C2)CCCC1. The van der Waals surface area contributed by atoms with Gasteiger partial charge in [0.25, 0.3) is 0 Å². The third-order valence-corrected chi connectivity index (χ3v) is 5.82. The molecule has 3 aliphatic rings. The smallest absolute Gasteiger partial charge is 0.0210 e. The van der Waals surface area contributed by atoms with Gasteiger partial charge >= 0.3 is 0 Å². The van der Waals surface area contributed by atoms with Crippen LogP contribution in [0.5, 0.6) is 0 Å². The Morgan fingerprint density at radius 2 is 1.94 bits per heavy atom. The van der Waals surface area contributed by atoms with E-state index in [-0.39, 0.29) is 0 Å². The van der Waals surface area contributed by atoms with Crippen molar-refractivity contribution in [2.45, 2.75) is 83.3 Å². The Labute approximate surface area is 113 Å². The quantitative estimate of drug-likeness (QED) is 0.806. The van der Waals surface area contributed by atoms with Crippen LogP contribution in [-0.4, -0.2) is 36.1 Å². The van der Waals surface area contributed by atoms with Crippen LogP contribution in [0.3, 0.4) is 0 Å². The molecular weight excluding hydrogens is 220 g/mol. The molecule has 0 aromatic rings. The lowest BCUT2D eigenvalue weighted by Gasteiger charge is -2.29. The van der Waals surface area contributed by atoms with Crippen LogP contribution >= 0.6 is 0 Å².